The first kappa shape index (κ1) is 15.0. The van der Waals surface area contributed by atoms with Gasteiger partial charge < -0.3 is 5.32 Å². The molecule has 0 amide bonds. The molecule has 1 aromatic carbocycles. The van der Waals surface area contributed by atoms with Gasteiger partial charge in [0.2, 0.25) is 0 Å². The van der Waals surface area contributed by atoms with E-state index in [-0.39, 0.29) is 0 Å². The van der Waals surface area contributed by atoms with Crippen molar-refractivity contribution in [3.8, 4) is 0 Å². The largest absolute Gasteiger partial charge is 0.385 e. The number of hydrogen-bond acceptors (Lipinski definition) is 1. The van der Waals surface area contributed by atoms with Gasteiger partial charge in [0.1, 0.15) is 0 Å². The summed E-state index contributed by atoms with van der Waals surface area (Å²) >= 11 is 0. The average Bonchev–Trinajstić information content (AvgIpc) is 2.25. The van der Waals surface area contributed by atoms with E-state index in [4.69, 9.17) is 0 Å². The topological polar surface area (TPSA) is 12.0 Å². The molecule has 0 spiro atoms. The molecule has 0 atom stereocenters. The highest BCUT2D eigenvalue weighted by Crippen LogP contribution is 2.13. The number of rotatable bonds is 4. The lowest BCUT2D eigenvalue weighted by Crippen LogP contribution is -1.99. The number of aryl methyl sites for hydroxylation is 2. The van der Waals surface area contributed by atoms with Crippen molar-refractivity contribution in [2.75, 3.05) is 11.9 Å². The molecule has 0 saturated carbocycles. The van der Waals surface area contributed by atoms with Crippen molar-refractivity contribution in [2.45, 2.75) is 53.9 Å². The fourth-order valence-electron chi connectivity index (χ4n) is 1.35. The second-order valence-corrected chi connectivity index (χ2v) is 4.30. The molecule has 0 radical (unpaired) electrons. The number of hydrogen-bond donors (Lipinski definition) is 1. The van der Waals surface area contributed by atoms with Gasteiger partial charge >= 0.3 is 0 Å². The highest BCUT2D eigenvalue weighted by Gasteiger charge is 1.93. The third-order valence-corrected chi connectivity index (χ3v) is 2.30. The Kier molecular flexibility index (Phi) is 8.69. The summed E-state index contributed by atoms with van der Waals surface area (Å²) in [4.78, 5) is 0. The van der Waals surface area contributed by atoms with Crippen LogP contribution in [0.3, 0.4) is 0 Å². The Labute approximate surface area is 101 Å². The third kappa shape index (κ3) is 7.33. The van der Waals surface area contributed by atoms with Gasteiger partial charge in [0.05, 0.1) is 0 Å². The first-order valence-electron chi connectivity index (χ1n) is 6.46. The lowest BCUT2D eigenvalue weighted by atomic mass is 10.1. The van der Waals surface area contributed by atoms with Gasteiger partial charge in [0.25, 0.3) is 0 Å². The molecule has 1 rings (SSSR count). The predicted octanol–water partition coefficient (Wildman–Crippen LogP) is 4.93. The zero-order valence-electron chi connectivity index (χ0n) is 11.6. The Morgan fingerprint density at radius 1 is 0.812 bits per heavy atom. The van der Waals surface area contributed by atoms with Crippen LogP contribution >= 0.6 is 0 Å². The van der Waals surface area contributed by atoms with Crippen molar-refractivity contribution in [3.05, 3.63) is 29.3 Å². The van der Waals surface area contributed by atoms with E-state index >= 15 is 0 Å². The van der Waals surface area contributed by atoms with Crippen LogP contribution < -0.4 is 5.32 Å². The van der Waals surface area contributed by atoms with Gasteiger partial charge in [-0.1, -0.05) is 39.7 Å². The highest BCUT2D eigenvalue weighted by atomic mass is 14.9. The summed E-state index contributed by atoms with van der Waals surface area (Å²) in [6.07, 6.45) is 3.81. The lowest BCUT2D eigenvalue weighted by Gasteiger charge is -2.06. The van der Waals surface area contributed by atoms with Crippen LogP contribution in [0.1, 0.15) is 51.2 Å². The van der Waals surface area contributed by atoms with E-state index in [9.17, 15) is 0 Å². The SMILES string of the molecule is CCCC.CCCNc1cc(C)cc(C)c1. The number of unbranched alkanes of at least 4 members (excludes halogenated alkanes) is 1. The minimum atomic E-state index is 1.06. The summed E-state index contributed by atoms with van der Waals surface area (Å²) in [6.45, 7) is 11.9. The van der Waals surface area contributed by atoms with E-state index < -0.39 is 0 Å². The molecule has 0 unspecified atom stereocenters. The van der Waals surface area contributed by atoms with Crippen LogP contribution in [0.4, 0.5) is 5.69 Å². The fourth-order valence-corrected chi connectivity index (χ4v) is 1.35. The van der Waals surface area contributed by atoms with Crippen molar-refractivity contribution < 1.29 is 0 Å². The molecule has 0 heterocycles. The molecular weight excluding hydrogens is 194 g/mol. The maximum atomic E-state index is 3.38. The van der Waals surface area contributed by atoms with Gasteiger partial charge in [-0.25, -0.2) is 0 Å². The summed E-state index contributed by atoms with van der Waals surface area (Å²) in [5.74, 6) is 0. The normalized spacial score (nSPS) is 9.31. The Morgan fingerprint density at radius 3 is 1.69 bits per heavy atom. The molecule has 16 heavy (non-hydrogen) atoms. The van der Waals surface area contributed by atoms with Crippen LogP contribution in [0, 0.1) is 13.8 Å². The zero-order chi connectivity index (χ0) is 12.4. The van der Waals surface area contributed by atoms with Crippen LogP contribution in [0.25, 0.3) is 0 Å². The second-order valence-electron chi connectivity index (χ2n) is 4.30. The van der Waals surface area contributed by atoms with Crippen molar-refractivity contribution in [3.63, 3.8) is 0 Å². The Morgan fingerprint density at radius 2 is 1.31 bits per heavy atom. The molecule has 1 nitrogen and oxygen atoms in total. The summed E-state index contributed by atoms with van der Waals surface area (Å²) in [7, 11) is 0. The fraction of sp³-hybridized carbons (Fsp3) is 0.600. The molecule has 0 aromatic heterocycles. The number of nitrogens with one attached hydrogen (secondary N) is 1. The van der Waals surface area contributed by atoms with E-state index in [1.807, 2.05) is 0 Å². The van der Waals surface area contributed by atoms with Gasteiger partial charge in [0, 0.05) is 12.2 Å². The molecular formula is C15H27N. The summed E-state index contributed by atoms with van der Waals surface area (Å²) in [5.41, 5.74) is 3.90. The molecule has 92 valence electrons. The van der Waals surface area contributed by atoms with Crippen LogP contribution in [-0.4, -0.2) is 6.54 Å². The molecule has 0 aliphatic heterocycles. The maximum Gasteiger partial charge on any atom is 0.0345 e. The molecule has 0 saturated heterocycles. The molecule has 0 fully saturated rings. The van der Waals surface area contributed by atoms with Crippen molar-refractivity contribution in [1.82, 2.24) is 0 Å². The van der Waals surface area contributed by atoms with E-state index in [2.05, 4.69) is 58.1 Å². The van der Waals surface area contributed by atoms with E-state index in [0.717, 1.165) is 6.54 Å². The molecule has 1 aromatic rings. The maximum absolute atomic E-state index is 3.38. The van der Waals surface area contributed by atoms with Gasteiger partial charge in [0.15, 0.2) is 0 Å². The van der Waals surface area contributed by atoms with Crippen LogP contribution in [0.15, 0.2) is 18.2 Å². The molecule has 0 aliphatic carbocycles. The van der Waals surface area contributed by atoms with Crippen molar-refractivity contribution in [2.24, 2.45) is 0 Å². The molecule has 0 bridgehead atoms. The van der Waals surface area contributed by atoms with Gasteiger partial charge in [-0.15, -0.1) is 0 Å². The Bertz CT molecular complexity index is 257. The second kappa shape index (κ2) is 9.26. The standard InChI is InChI=1S/C11H17N.C4H10/c1-4-5-12-11-7-9(2)6-10(3)8-11;1-3-4-2/h6-8,12H,4-5H2,1-3H3;3-4H2,1-2H3. The van der Waals surface area contributed by atoms with Crippen LogP contribution in [-0.2, 0) is 0 Å². The summed E-state index contributed by atoms with van der Waals surface area (Å²) < 4.78 is 0. The average molecular weight is 221 g/mol. The Balaban J connectivity index is 0.000000487. The number of benzene rings is 1. The number of anilines is 1. The smallest absolute Gasteiger partial charge is 0.0345 e. The first-order chi connectivity index (χ1) is 7.63. The molecule has 1 N–H and O–H groups in total. The predicted molar refractivity (Wildman–Crippen MR) is 75.3 cm³/mol. The first-order valence-corrected chi connectivity index (χ1v) is 6.46. The minimum absolute atomic E-state index is 1.06. The van der Waals surface area contributed by atoms with E-state index in [0.29, 0.717) is 0 Å². The highest BCUT2D eigenvalue weighted by molar-refractivity contribution is 5.48. The quantitative estimate of drug-likeness (QED) is 0.760. The third-order valence-electron chi connectivity index (χ3n) is 2.30. The van der Waals surface area contributed by atoms with Gasteiger partial charge in [-0.2, -0.15) is 0 Å². The van der Waals surface area contributed by atoms with Gasteiger partial charge in [-0.05, 0) is 43.5 Å². The van der Waals surface area contributed by atoms with Crippen molar-refractivity contribution in [1.29, 1.82) is 0 Å². The van der Waals surface area contributed by atoms with E-state index in [1.165, 1.54) is 36.1 Å². The van der Waals surface area contributed by atoms with Crippen LogP contribution in [0.2, 0.25) is 0 Å². The Hall–Kier alpha value is -0.980. The molecule has 1 heteroatoms. The monoisotopic (exact) mass is 221 g/mol. The van der Waals surface area contributed by atoms with E-state index in [1.54, 1.807) is 0 Å². The summed E-state index contributed by atoms with van der Waals surface area (Å²) in [6, 6.07) is 6.56. The van der Waals surface area contributed by atoms with Crippen molar-refractivity contribution >= 4 is 5.69 Å². The lowest BCUT2D eigenvalue weighted by molar-refractivity contribution is 0.886. The molecule has 0 aliphatic rings. The van der Waals surface area contributed by atoms with Gasteiger partial charge in [-0.3, -0.25) is 0 Å². The zero-order valence-corrected chi connectivity index (χ0v) is 11.6. The minimum Gasteiger partial charge on any atom is -0.385 e. The summed E-state index contributed by atoms with van der Waals surface area (Å²) in [5, 5.41) is 3.38. The van der Waals surface area contributed by atoms with Crippen LogP contribution in [0.5, 0.6) is 0 Å².